The maximum atomic E-state index is 8.52. The summed E-state index contributed by atoms with van der Waals surface area (Å²) in [5.74, 6) is 0. The van der Waals surface area contributed by atoms with Crippen molar-refractivity contribution in [2.75, 3.05) is 0 Å². The molecule has 0 N–H and O–H groups in total. The van der Waals surface area contributed by atoms with Crippen molar-refractivity contribution in [3.05, 3.63) is 113 Å². The molecule has 0 unspecified atom stereocenters. The highest BCUT2D eigenvalue weighted by molar-refractivity contribution is 6.11. The van der Waals surface area contributed by atoms with Gasteiger partial charge in [0.25, 0.3) is 0 Å². The van der Waals surface area contributed by atoms with Crippen LogP contribution in [0.2, 0.25) is 0 Å². The maximum absolute atomic E-state index is 8.52. The second-order valence-corrected chi connectivity index (χ2v) is 9.25. The Hall–Kier alpha value is -4.17. The first-order chi connectivity index (χ1) is 20.4. The average Bonchev–Trinajstić information content (AvgIpc) is 3.34. The van der Waals surface area contributed by atoms with Gasteiger partial charge in [0.2, 0.25) is 5.69 Å². The number of aryl methyl sites for hydroxylation is 5. The van der Waals surface area contributed by atoms with Crippen LogP contribution in [0.25, 0.3) is 55.4 Å². The first kappa shape index (κ1) is 15.7. The van der Waals surface area contributed by atoms with Gasteiger partial charge >= 0.3 is 0 Å². The van der Waals surface area contributed by atoms with E-state index in [9.17, 15) is 0 Å². The van der Waals surface area contributed by atoms with Gasteiger partial charge in [-0.25, -0.2) is 4.57 Å². The molecule has 0 radical (unpaired) electrons. The summed E-state index contributed by atoms with van der Waals surface area (Å²) >= 11 is 0. The van der Waals surface area contributed by atoms with E-state index in [2.05, 4.69) is 0 Å². The fraction of sp³-hybridized carbons (Fsp3) is 0.147. The molecule has 0 saturated heterocycles. The first-order valence-corrected chi connectivity index (χ1v) is 11.9. The number of hydrogen-bond acceptors (Lipinski definition) is 1. The summed E-state index contributed by atoms with van der Waals surface area (Å²) in [5.41, 5.74) is 7.27. The molecular formula is C34H30NO+. The molecule has 2 aromatic heterocycles. The number of aromatic nitrogens is 1. The number of hydrogen-bond donors (Lipinski definition) is 0. The van der Waals surface area contributed by atoms with Crippen LogP contribution in [0, 0.1) is 27.5 Å². The second-order valence-electron chi connectivity index (χ2n) is 9.25. The number of nitrogens with zero attached hydrogens (tertiary/aromatic N) is 1. The molecule has 0 aliphatic rings. The molecule has 0 aliphatic heterocycles. The smallest absolute Gasteiger partial charge is 0.216 e. The molecule has 176 valence electrons. The Kier molecular flexibility index (Phi) is 3.72. The lowest BCUT2D eigenvalue weighted by molar-refractivity contribution is -0.660. The van der Waals surface area contributed by atoms with Crippen molar-refractivity contribution in [2.45, 2.75) is 27.5 Å². The summed E-state index contributed by atoms with van der Waals surface area (Å²) in [6.45, 7) is -3.06. The summed E-state index contributed by atoms with van der Waals surface area (Å²) in [4.78, 5) is 0. The van der Waals surface area contributed by atoms with Gasteiger partial charge in [-0.2, -0.15) is 0 Å². The van der Waals surface area contributed by atoms with Gasteiger partial charge in [0, 0.05) is 37.6 Å². The van der Waals surface area contributed by atoms with Crippen LogP contribution in [0.1, 0.15) is 31.8 Å². The Morgan fingerprint density at radius 3 is 2.17 bits per heavy atom. The van der Waals surface area contributed by atoms with E-state index in [4.69, 9.17) is 14.0 Å². The van der Waals surface area contributed by atoms with E-state index in [1.54, 1.807) is 23.9 Å². The van der Waals surface area contributed by atoms with Crippen LogP contribution in [0.15, 0.2) is 95.5 Å². The van der Waals surface area contributed by atoms with Crippen LogP contribution in [0.5, 0.6) is 0 Å². The molecule has 2 heterocycles. The summed E-state index contributed by atoms with van der Waals surface area (Å²) in [6.07, 6.45) is 1.55. The van der Waals surface area contributed by atoms with Crippen LogP contribution in [0.4, 0.5) is 0 Å². The quantitative estimate of drug-likeness (QED) is 0.234. The largest absolute Gasteiger partial charge is 0.455 e. The molecule has 36 heavy (non-hydrogen) atoms. The van der Waals surface area contributed by atoms with E-state index >= 15 is 0 Å². The molecule has 0 aliphatic carbocycles. The van der Waals surface area contributed by atoms with E-state index in [0.29, 0.717) is 33.4 Å². The molecule has 4 aromatic carbocycles. The van der Waals surface area contributed by atoms with Gasteiger partial charge in [-0.1, -0.05) is 72.8 Å². The van der Waals surface area contributed by atoms with E-state index in [1.807, 2.05) is 85.8 Å². The van der Waals surface area contributed by atoms with Crippen LogP contribution in [0.3, 0.4) is 0 Å². The van der Waals surface area contributed by atoms with Crippen molar-refractivity contribution in [3.63, 3.8) is 0 Å². The monoisotopic (exact) mass is 475 g/mol. The maximum Gasteiger partial charge on any atom is 0.216 e. The molecule has 0 atom stereocenters. The minimum Gasteiger partial charge on any atom is -0.455 e. The third-order valence-electron chi connectivity index (χ3n) is 6.94. The van der Waals surface area contributed by atoms with E-state index in [1.165, 1.54) is 0 Å². The minimum atomic E-state index is -2.46. The van der Waals surface area contributed by atoms with Gasteiger partial charge in [0.1, 0.15) is 18.2 Å². The van der Waals surface area contributed by atoms with Crippen molar-refractivity contribution in [1.82, 2.24) is 0 Å². The van der Waals surface area contributed by atoms with Crippen molar-refractivity contribution >= 4 is 21.9 Å². The molecule has 6 aromatic rings. The molecule has 0 bridgehead atoms. The summed E-state index contributed by atoms with van der Waals surface area (Å²) in [6, 6.07) is 27.2. The molecule has 6 rings (SSSR count). The standard InChI is InChI=1S/C34H30NO/c1-21-11-16-30-29-18-17-28(27-14-12-26(13-15-27)25-9-7-6-8-10-25)24(4)33(29)36-34(30)32(21)31-19-22(2)23(3)20-35(31)5/h6-20H,1-5H3/q+1/i2D,3D3,4D3. The lowest BCUT2D eigenvalue weighted by atomic mass is 9.95. The zero-order valence-corrected chi connectivity index (χ0v) is 20.2. The molecule has 2 nitrogen and oxygen atoms in total. The van der Waals surface area contributed by atoms with E-state index in [-0.39, 0.29) is 18.0 Å². The van der Waals surface area contributed by atoms with Gasteiger partial charge in [-0.3, -0.25) is 0 Å². The van der Waals surface area contributed by atoms with Crippen LogP contribution < -0.4 is 4.57 Å². The Bertz CT molecular complexity index is 1990. The van der Waals surface area contributed by atoms with Gasteiger partial charge in [0.05, 0.1) is 5.56 Å². The zero-order valence-electron chi connectivity index (χ0n) is 27.2. The van der Waals surface area contributed by atoms with Crippen molar-refractivity contribution < 1.29 is 18.6 Å². The minimum absolute atomic E-state index is 0.135. The predicted molar refractivity (Wildman–Crippen MR) is 150 cm³/mol. The lowest BCUT2D eigenvalue weighted by Crippen LogP contribution is -2.31. The molecule has 0 saturated carbocycles. The lowest BCUT2D eigenvalue weighted by Gasteiger charge is -2.08. The summed E-state index contributed by atoms with van der Waals surface area (Å²) < 4.78 is 65.6. The highest BCUT2D eigenvalue weighted by Gasteiger charge is 2.22. The third-order valence-corrected chi connectivity index (χ3v) is 6.94. The zero-order chi connectivity index (χ0) is 30.7. The number of furan rings is 1. The molecule has 0 amide bonds. The normalized spacial score (nSPS) is 15.0. The third kappa shape index (κ3) is 3.53. The van der Waals surface area contributed by atoms with E-state index < -0.39 is 13.7 Å². The van der Waals surface area contributed by atoms with Crippen LogP contribution in [-0.2, 0) is 7.05 Å². The molecule has 0 spiro atoms. The van der Waals surface area contributed by atoms with Crippen LogP contribution in [-0.4, -0.2) is 0 Å². The van der Waals surface area contributed by atoms with Crippen molar-refractivity contribution in [1.29, 1.82) is 0 Å². The SMILES string of the molecule is [2H]Cc1cc(-c2c(C)ccc3c2oc2c(C([2H])([2H])[2H])c(-c4ccc(-c5ccccc5)cc4)ccc23)[n+](C)cc1C([2H])([2H])[2H]. The summed E-state index contributed by atoms with van der Waals surface area (Å²) in [7, 11) is 1.77. The highest BCUT2D eigenvalue weighted by atomic mass is 16.3. The van der Waals surface area contributed by atoms with Gasteiger partial charge in [-0.15, -0.1) is 0 Å². The van der Waals surface area contributed by atoms with E-state index in [0.717, 1.165) is 33.2 Å². The van der Waals surface area contributed by atoms with Gasteiger partial charge in [-0.05, 0) is 67.0 Å². The Morgan fingerprint density at radius 2 is 1.42 bits per heavy atom. The molecule has 0 fully saturated rings. The Morgan fingerprint density at radius 1 is 0.694 bits per heavy atom. The topological polar surface area (TPSA) is 17.0 Å². The number of pyridine rings is 1. The predicted octanol–water partition coefficient (Wildman–Crippen LogP) is 8.65. The number of benzene rings is 4. The average molecular weight is 476 g/mol. The number of fused-ring (bicyclic) bond motifs is 3. The first-order valence-electron chi connectivity index (χ1n) is 15.6. The fourth-order valence-electron chi connectivity index (χ4n) is 4.97. The molecule has 2 heteroatoms. The van der Waals surface area contributed by atoms with Crippen LogP contribution >= 0.6 is 0 Å². The highest BCUT2D eigenvalue weighted by Crippen LogP contribution is 2.40. The number of rotatable bonds is 3. The van der Waals surface area contributed by atoms with Gasteiger partial charge in [0.15, 0.2) is 6.20 Å². The summed E-state index contributed by atoms with van der Waals surface area (Å²) in [5, 5.41) is 1.45. The second kappa shape index (κ2) is 8.49. The van der Waals surface area contributed by atoms with Gasteiger partial charge < -0.3 is 4.42 Å². The fourth-order valence-corrected chi connectivity index (χ4v) is 4.97. The molecular weight excluding hydrogens is 438 g/mol. The van der Waals surface area contributed by atoms with Crippen molar-refractivity contribution in [2.24, 2.45) is 7.05 Å². The Labute approximate surface area is 222 Å². The Balaban J connectivity index is 1.59. The van der Waals surface area contributed by atoms with Crippen molar-refractivity contribution in [3.8, 4) is 33.5 Å².